The van der Waals surface area contributed by atoms with Gasteiger partial charge in [-0.1, -0.05) is 30.3 Å². The van der Waals surface area contributed by atoms with Crippen molar-refractivity contribution in [1.82, 2.24) is 10.6 Å². The van der Waals surface area contributed by atoms with Crippen LogP contribution in [0.2, 0.25) is 0 Å². The maximum absolute atomic E-state index is 12.0. The summed E-state index contributed by atoms with van der Waals surface area (Å²) in [5, 5.41) is 14.3. The number of carboxylic acid groups (broad SMARTS) is 1. The molecule has 0 spiro atoms. The fraction of sp³-hybridized carbons (Fsp3) is 0.438. The van der Waals surface area contributed by atoms with Gasteiger partial charge in [0.05, 0.1) is 11.8 Å². The van der Waals surface area contributed by atoms with Crippen LogP contribution < -0.4 is 10.6 Å². The summed E-state index contributed by atoms with van der Waals surface area (Å²) in [4.78, 5) is 34.8. The highest BCUT2D eigenvalue weighted by Crippen LogP contribution is 2.34. The second kappa shape index (κ2) is 7.06. The molecule has 1 fully saturated rings. The summed E-state index contributed by atoms with van der Waals surface area (Å²) in [6.45, 7) is 1.98. The van der Waals surface area contributed by atoms with Crippen LogP contribution in [0.1, 0.15) is 25.3 Å². The number of carbonyl (C=O) groups is 3. The predicted molar refractivity (Wildman–Crippen MR) is 79.7 cm³/mol. The van der Waals surface area contributed by atoms with Gasteiger partial charge in [-0.2, -0.15) is 0 Å². The molecule has 118 valence electrons. The summed E-state index contributed by atoms with van der Waals surface area (Å²) in [6, 6.07) is 8.77. The highest BCUT2D eigenvalue weighted by molar-refractivity contribution is 5.91. The number of amides is 2. The van der Waals surface area contributed by atoms with Crippen LogP contribution in [0, 0.1) is 11.8 Å². The third kappa shape index (κ3) is 3.84. The highest BCUT2D eigenvalue weighted by atomic mass is 16.4. The van der Waals surface area contributed by atoms with E-state index in [4.69, 9.17) is 5.11 Å². The van der Waals surface area contributed by atoms with Crippen molar-refractivity contribution in [3.05, 3.63) is 35.9 Å². The molecule has 1 aromatic carbocycles. The Morgan fingerprint density at radius 2 is 1.82 bits per heavy atom. The zero-order valence-corrected chi connectivity index (χ0v) is 12.4. The first-order valence-corrected chi connectivity index (χ1v) is 7.34. The van der Waals surface area contributed by atoms with Gasteiger partial charge in [-0.25, -0.2) is 0 Å². The van der Waals surface area contributed by atoms with Crippen molar-refractivity contribution < 1.29 is 19.5 Å². The summed E-state index contributed by atoms with van der Waals surface area (Å²) < 4.78 is 0. The van der Waals surface area contributed by atoms with Crippen LogP contribution in [-0.4, -0.2) is 28.9 Å². The van der Waals surface area contributed by atoms with Crippen LogP contribution in [0.25, 0.3) is 0 Å². The first-order chi connectivity index (χ1) is 10.5. The van der Waals surface area contributed by atoms with Crippen molar-refractivity contribution >= 4 is 17.8 Å². The number of hydrogen-bond donors (Lipinski definition) is 3. The lowest BCUT2D eigenvalue weighted by atomic mass is 9.73. The highest BCUT2D eigenvalue weighted by Gasteiger charge is 2.41. The van der Waals surface area contributed by atoms with Gasteiger partial charge >= 0.3 is 5.97 Å². The van der Waals surface area contributed by atoms with Crippen LogP contribution in [-0.2, 0) is 20.9 Å². The van der Waals surface area contributed by atoms with Crippen molar-refractivity contribution in [2.75, 3.05) is 0 Å². The molecule has 0 aromatic heterocycles. The SMILES string of the molecule is CC(NC(=O)C1CCC1C(=O)O)C(=O)NCc1ccccc1. The van der Waals surface area contributed by atoms with E-state index in [-0.39, 0.29) is 11.8 Å². The van der Waals surface area contributed by atoms with Crippen LogP contribution in [0.5, 0.6) is 0 Å². The van der Waals surface area contributed by atoms with Crippen LogP contribution in [0.3, 0.4) is 0 Å². The summed E-state index contributed by atoms with van der Waals surface area (Å²) in [7, 11) is 0. The molecule has 1 aliphatic carbocycles. The topological polar surface area (TPSA) is 95.5 Å². The first kappa shape index (κ1) is 16.0. The predicted octanol–water partition coefficient (Wildman–Crippen LogP) is 0.918. The molecule has 3 N–H and O–H groups in total. The summed E-state index contributed by atoms with van der Waals surface area (Å²) in [6.07, 6.45) is 1.07. The molecule has 22 heavy (non-hydrogen) atoms. The van der Waals surface area contributed by atoms with Crippen LogP contribution in [0.4, 0.5) is 0 Å². The Balaban J connectivity index is 1.79. The second-order valence-electron chi connectivity index (χ2n) is 5.56. The molecule has 2 rings (SSSR count). The minimum absolute atomic E-state index is 0.289. The number of benzene rings is 1. The van der Waals surface area contributed by atoms with E-state index in [1.165, 1.54) is 0 Å². The van der Waals surface area contributed by atoms with E-state index < -0.39 is 23.8 Å². The van der Waals surface area contributed by atoms with Crippen molar-refractivity contribution in [3.63, 3.8) is 0 Å². The van der Waals surface area contributed by atoms with Crippen molar-refractivity contribution in [2.24, 2.45) is 11.8 Å². The number of aliphatic carboxylic acids is 1. The number of carboxylic acids is 1. The summed E-state index contributed by atoms with van der Waals surface area (Å²) in [5.41, 5.74) is 0.972. The Morgan fingerprint density at radius 1 is 1.18 bits per heavy atom. The third-order valence-corrected chi connectivity index (χ3v) is 3.99. The molecule has 0 bridgehead atoms. The summed E-state index contributed by atoms with van der Waals surface area (Å²) >= 11 is 0. The van der Waals surface area contributed by atoms with E-state index in [2.05, 4.69) is 10.6 Å². The lowest BCUT2D eigenvalue weighted by Gasteiger charge is -2.32. The molecule has 0 saturated heterocycles. The maximum Gasteiger partial charge on any atom is 0.307 e. The molecule has 3 unspecified atom stereocenters. The maximum atomic E-state index is 12.0. The quantitative estimate of drug-likeness (QED) is 0.728. The molecule has 6 nitrogen and oxygen atoms in total. The Hall–Kier alpha value is -2.37. The summed E-state index contributed by atoms with van der Waals surface area (Å²) in [5.74, 6) is -2.75. The van der Waals surface area contributed by atoms with E-state index in [9.17, 15) is 14.4 Å². The minimum Gasteiger partial charge on any atom is -0.481 e. The van der Waals surface area contributed by atoms with E-state index >= 15 is 0 Å². The van der Waals surface area contributed by atoms with Crippen LogP contribution in [0.15, 0.2) is 30.3 Å². The van der Waals surface area contributed by atoms with Gasteiger partial charge in [-0.05, 0) is 25.3 Å². The van der Waals surface area contributed by atoms with Gasteiger partial charge in [0.25, 0.3) is 0 Å². The first-order valence-electron chi connectivity index (χ1n) is 7.34. The fourth-order valence-electron chi connectivity index (χ4n) is 2.43. The average molecular weight is 304 g/mol. The van der Waals surface area contributed by atoms with Gasteiger partial charge in [-0.15, -0.1) is 0 Å². The molecule has 0 aliphatic heterocycles. The monoisotopic (exact) mass is 304 g/mol. The smallest absolute Gasteiger partial charge is 0.307 e. The Bertz CT molecular complexity index is 559. The lowest BCUT2D eigenvalue weighted by molar-refractivity contribution is -0.153. The molecule has 0 heterocycles. The zero-order chi connectivity index (χ0) is 16.1. The number of hydrogen-bond acceptors (Lipinski definition) is 3. The molecule has 2 amide bonds. The van der Waals surface area contributed by atoms with Crippen molar-refractivity contribution in [2.45, 2.75) is 32.4 Å². The van der Waals surface area contributed by atoms with Crippen molar-refractivity contribution in [1.29, 1.82) is 0 Å². The van der Waals surface area contributed by atoms with Gasteiger partial charge < -0.3 is 15.7 Å². The van der Waals surface area contributed by atoms with E-state index in [1.54, 1.807) is 6.92 Å². The molecule has 1 aromatic rings. The van der Waals surface area contributed by atoms with Crippen LogP contribution >= 0.6 is 0 Å². The molecule has 3 atom stereocenters. The second-order valence-corrected chi connectivity index (χ2v) is 5.56. The Kier molecular flexibility index (Phi) is 5.14. The van der Waals surface area contributed by atoms with E-state index in [0.29, 0.717) is 19.4 Å². The van der Waals surface area contributed by atoms with E-state index in [0.717, 1.165) is 5.56 Å². The standard InChI is InChI=1S/C16H20N2O4/c1-10(14(19)17-9-11-5-3-2-4-6-11)18-15(20)12-7-8-13(12)16(21)22/h2-6,10,12-13H,7-9H2,1H3,(H,17,19)(H,18,20)(H,21,22). The lowest BCUT2D eigenvalue weighted by Crippen LogP contribution is -2.50. The van der Waals surface area contributed by atoms with Gasteiger partial charge in [0.1, 0.15) is 6.04 Å². The normalized spacial score (nSPS) is 21.3. The van der Waals surface area contributed by atoms with E-state index in [1.807, 2.05) is 30.3 Å². The zero-order valence-electron chi connectivity index (χ0n) is 12.4. The molecule has 1 saturated carbocycles. The van der Waals surface area contributed by atoms with Gasteiger partial charge in [0.2, 0.25) is 11.8 Å². The van der Waals surface area contributed by atoms with Gasteiger partial charge in [0, 0.05) is 6.54 Å². The number of rotatable bonds is 6. The van der Waals surface area contributed by atoms with Gasteiger partial charge in [0.15, 0.2) is 0 Å². The number of nitrogens with one attached hydrogen (secondary N) is 2. The molecular formula is C16H20N2O4. The largest absolute Gasteiger partial charge is 0.481 e. The molecule has 1 aliphatic rings. The van der Waals surface area contributed by atoms with Gasteiger partial charge in [-0.3, -0.25) is 14.4 Å². The molecule has 0 radical (unpaired) electrons. The average Bonchev–Trinajstić information content (AvgIpc) is 2.43. The minimum atomic E-state index is -0.951. The molecule has 6 heteroatoms. The Labute approximate surface area is 128 Å². The van der Waals surface area contributed by atoms with Crippen molar-refractivity contribution in [3.8, 4) is 0 Å². The third-order valence-electron chi connectivity index (χ3n) is 3.99. The number of carbonyl (C=O) groups excluding carboxylic acids is 2. The molecular weight excluding hydrogens is 284 g/mol. The Morgan fingerprint density at radius 3 is 2.36 bits per heavy atom. The fourth-order valence-corrected chi connectivity index (χ4v) is 2.43.